The Morgan fingerprint density at radius 1 is 1.12 bits per heavy atom. The minimum absolute atomic E-state index is 0.267. The summed E-state index contributed by atoms with van der Waals surface area (Å²) in [6.45, 7) is 0. The first-order valence-corrected chi connectivity index (χ1v) is 6.59. The van der Waals surface area contributed by atoms with Gasteiger partial charge in [0.15, 0.2) is 16.1 Å². The van der Waals surface area contributed by atoms with Gasteiger partial charge >= 0.3 is 0 Å². The van der Waals surface area contributed by atoms with Crippen LogP contribution in [0.4, 0.5) is 0 Å². The van der Waals surface area contributed by atoms with Crippen molar-refractivity contribution in [3.63, 3.8) is 0 Å². The number of aldehydes is 1. The smallest absolute Gasteiger partial charge is 0.175 e. The predicted octanol–water partition coefficient (Wildman–Crippen LogP) is 2.06. The minimum atomic E-state index is -3.20. The Morgan fingerprint density at radius 2 is 1.88 bits per heavy atom. The highest BCUT2D eigenvalue weighted by Crippen LogP contribution is 2.21. The van der Waals surface area contributed by atoms with Crippen LogP contribution in [0.15, 0.2) is 41.3 Å². The van der Waals surface area contributed by atoms with Crippen LogP contribution in [0.3, 0.4) is 0 Å². The minimum Gasteiger partial charge on any atom is -0.298 e. The normalized spacial score (nSPS) is 11.6. The molecule has 0 aliphatic heterocycles. The molecule has 2 aromatic carbocycles. The number of carbonyl (C=O) groups excluding carboxylic acids is 1. The summed E-state index contributed by atoms with van der Waals surface area (Å²) < 4.78 is 22.7. The van der Waals surface area contributed by atoms with Crippen molar-refractivity contribution in [1.82, 2.24) is 0 Å². The maximum Gasteiger partial charge on any atom is 0.175 e. The van der Waals surface area contributed by atoms with Crippen LogP contribution in [0.5, 0.6) is 0 Å². The van der Waals surface area contributed by atoms with E-state index in [1.54, 1.807) is 30.3 Å². The average Bonchev–Trinajstić information content (AvgIpc) is 2.26. The van der Waals surface area contributed by atoms with E-state index in [0.717, 1.165) is 23.3 Å². The van der Waals surface area contributed by atoms with Crippen LogP contribution in [-0.2, 0) is 9.84 Å². The summed E-state index contributed by atoms with van der Waals surface area (Å²) in [6.07, 6.45) is 1.93. The average molecular weight is 234 g/mol. The zero-order valence-corrected chi connectivity index (χ0v) is 9.49. The maximum absolute atomic E-state index is 11.4. The third-order valence-corrected chi connectivity index (χ3v) is 3.55. The van der Waals surface area contributed by atoms with Crippen LogP contribution >= 0.6 is 0 Å². The Hall–Kier alpha value is -1.68. The van der Waals surface area contributed by atoms with E-state index in [-0.39, 0.29) is 4.90 Å². The molecule has 0 aliphatic carbocycles. The summed E-state index contributed by atoms with van der Waals surface area (Å²) in [5.74, 6) is 0. The summed E-state index contributed by atoms with van der Waals surface area (Å²) >= 11 is 0. The van der Waals surface area contributed by atoms with Crippen molar-refractivity contribution in [2.75, 3.05) is 6.26 Å². The Labute approximate surface area is 93.6 Å². The number of hydrogen-bond acceptors (Lipinski definition) is 3. The second-order valence-corrected chi connectivity index (χ2v) is 5.64. The molecule has 0 saturated carbocycles. The molecule has 0 amide bonds. The first-order valence-electron chi connectivity index (χ1n) is 4.70. The second-order valence-electron chi connectivity index (χ2n) is 3.62. The zero-order valence-electron chi connectivity index (χ0n) is 8.67. The molecule has 0 saturated heterocycles. The van der Waals surface area contributed by atoms with Gasteiger partial charge in [0, 0.05) is 11.8 Å². The molecule has 82 valence electrons. The number of rotatable bonds is 2. The van der Waals surface area contributed by atoms with Gasteiger partial charge in [-0.15, -0.1) is 0 Å². The summed E-state index contributed by atoms with van der Waals surface area (Å²) in [7, 11) is -3.20. The quantitative estimate of drug-likeness (QED) is 0.747. The summed E-state index contributed by atoms with van der Waals surface area (Å²) in [5.41, 5.74) is 0.567. The highest BCUT2D eigenvalue weighted by atomic mass is 32.2. The molecular formula is C12H10O3S. The number of carbonyl (C=O) groups is 1. The van der Waals surface area contributed by atoms with Gasteiger partial charge in [-0.1, -0.05) is 24.3 Å². The molecule has 0 fully saturated rings. The van der Waals surface area contributed by atoms with Gasteiger partial charge in [0.2, 0.25) is 0 Å². The van der Waals surface area contributed by atoms with Crippen LogP contribution in [0.1, 0.15) is 10.4 Å². The van der Waals surface area contributed by atoms with Gasteiger partial charge in [0.05, 0.1) is 4.90 Å². The van der Waals surface area contributed by atoms with Crippen molar-refractivity contribution < 1.29 is 13.2 Å². The lowest BCUT2D eigenvalue weighted by Crippen LogP contribution is -1.96. The molecule has 0 N–H and O–H groups in total. The third kappa shape index (κ3) is 1.84. The first kappa shape index (κ1) is 10.8. The van der Waals surface area contributed by atoms with E-state index < -0.39 is 9.84 Å². The molecule has 0 bridgehead atoms. The molecular weight excluding hydrogens is 224 g/mol. The Morgan fingerprint density at radius 3 is 2.50 bits per heavy atom. The Kier molecular flexibility index (Phi) is 2.52. The lowest BCUT2D eigenvalue weighted by Gasteiger charge is -2.03. The fourth-order valence-corrected chi connectivity index (χ4v) is 2.28. The lowest BCUT2D eigenvalue weighted by atomic mass is 10.1. The standard InChI is InChI=1S/C12H10O3S/c1-16(14,15)11-5-6-12-9(7-11)3-2-4-10(12)8-13/h2-8H,1H3. The summed E-state index contributed by atoms with van der Waals surface area (Å²) in [6, 6.07) is 9.99. The second kappa shape index (κ2) is 3.72. The molecule has 0 heterocycles. The third-order valence-electron chi connectivity index (χ3n) is 2.44. The molecule has 3 nitrogen and oxygen atoms in total. The SMILES string of the molecule is CS(=O)(=O)c1ccc2c(C=O)cccc2c1. The van der Waals surface area contributed by atoms with E-state index >= 15 is 0 Å². The van der Waals surface area contributed by atoms with Crippen molar-refractivity contribution in [2.24, 2.45) is 0 Å². The molecule has 0 atom stereocenters. The summed E-state index contributed by atoms with van der Waals surface area (Å²) in [4.78, 5) is 11.1. The van der Waals surface area contributed by atoms with Gasteiger partial charge < -0.3 is 0 Å². The van der Waals surface area contributed by atoms with Gasteiger partial charge in [0.25, 0.3) is 0 Å². The topological polar surface area (TPSA) is 51.2 Å². The van der Waals surface area contributed by atoms with Gasteiger partial charge in [-0.05, 0) is 22.9 Å². The summed E-state index contributed by atoms with van der Waals surface area (Å²) in [5, 5.41) is 1.53. The Balaban J connectivity index is 2.79. The molecule has 0 aromatic heterocycles. The Bertz CT molecular complexity index is 657. The fraction of sp³-hybridized carbons (Fsp3) is 0.0833. The largest absolute Gasteiger partial charge is 0.298 e. The molecule has 16 heavy (non-hydrogen) atoms. The van der Waals surface area contributed by atoms with Gasteiger partial charge in [-0.3, -0.25) is 4.79 Å². The van der Waals surface area contributed by atoms with Crippen LogP contribution in [0, 0.1) is 0 Å². The highest BCUT2D eigenvalue weighted by Gasteiger charge is 2.08. The van der Waals surface area contributed by atoms with Crippen molar-refractivity contribution in [1.29, 1.82) is 0 Å². The molecule has 0 aliphatic rings. The molecule has 0 spiro atoms. The number of fused-ring (bicyclic) bond motifs is 1. The van der Waals surface area contributed by atoms with E-state index in [4.69, 9.17) is 0 Å². The maximum atomic E-state index is 11.4. The zero-order chi connectivity index (χ0) is 11.8. The van der Waals surface area contributed by atoms with Crippen molar-refractivity contribution in [3.8, 4) is 0 Å². The van der Waals surface area contributed by atoms with E-state index in [1.165, 1.54) is 6.07 Å². The van der Waals surface area contributed by atoms with E-state index in [1.807, 2.05) is 0 Å². The van der Waals surface area contributed by atoms with E-state index in [2.05, 4.69) is 0 Å². The van der Waals surface area contributed by atoms with Crippen molar-refractivity contribution in [2.45, 2.75) is 4.90 Å². The first-order chi connectivity index (χ1) is 7.52. The van der Waals surface area contributed by atoms with Crippen molar-refractivity contribution in [3.05, 3.63) is 42.0 Å². The number of benzene rings is 2. The van der Waals surface area contributed by atoms with E-state index in [9.17, 15) is 13.2 Å². The van der Waals surface area contributed by atoms with Crippen molar-refractivity contribution >= 4 is 26.9 Å². The van der Waals surface area contributed by atoms with Gasteiger partial charge in [-0.25, -0.2) is 8.42 Å². The van der Waals surface area contributed by atoms with Crippen LogP contribution < -0.4 is 0 Å². The van der Waals surface area contributed by atoms with Crippen LogP contribution in [-0.4, -0.2) is 21.0 Å². The van der Waals surface area contributed by atoms with Crippen LogP contribution in [0.2, 0.25) is 0 Å². The molecule has 2 rings (SSSR count). The lowest BCUT2D eigenvalue weighted by molar-refractivity contribution is 0.112. The fourth-order valence-electron chi connectivity index (χ4n) is 1.62. The van der Waals surface area contributed by atoms with E-state index in [0.29, 0.717) is 5.56 Å². The molecule has 4 heteroatoms. The molecule has 0 radical (unpaired) electrons. The van der Waals surface area contributed by atoms with Crippen LogP contribution in [0.25, 0.3) is 10.8 Å². The highest BCUT2D eigenvalue weighted by molar-refractivity contribution is 7.90. The predicted molar refractivity (Wildman–Crippen MR) is 62.4 cm³/mol. The number of sulfone groups is 1. The number of hydrogen-bond donors (Lipinski definition) is 0. The molecule has 2 aromatic rings. The van der Waals surface area contributed by atoms with Gasteiger partial charge in [-0.2, -0.15) is 0 Å². The molecule has 0 unspecified atom stereocenters. The monoisotopic (exact) mass is 234 g/mol. The van der Waals surface area contributed by atoms with Gasteiger partial charge in [0.1, 0.15) is 0 Å².